The predicted octanol–water partition coefficient (Wildman–Crippen LogP) is 3.91. The SMILES string of the molecule is Brc1ccccc1Oc1ncnc2c1CCCC2. The zero-order valence-corrected chi connectivity index (χ0v) is 11.5. The van der Waals surface area contributed by atoms with Gasteiger partial charge in [-0.3, -0.25) is 0 Å². The first-order valence-electron chi connectivity index (χ1n) is 6.10. The van der Waals surface area contributed by atoms with Crippen molar-refractivity contribution in [1.29, 1.82) is 0 Å². The molecule has 1 heterocycles. The summed E-state index contributed by atoms with van der Waals surface area (Å²) < 4.78 is 6.85. The quantitative estimate of drug-likeness (QED) is 0.844. The molecule has 3 rings (SSSR count). The Hall–Kier alpha value is -1.42. The van der Waals surface area contributed by atoms with Crippen molar-refractivity contribution in [3.8, 4) is 11.6 Å². The summed E-state index contributed by atoms with van der Waals surface area (Å²) in [4.78, 5) is 8.62. The fourth-order valence-electron chi connectivity index (χ4n) is 2.21. The van der Waals surface area contributed by atoms with Crippen molar-refractivity contribution in [3.63, 3.8) is 0 Å². The van der Waals surface area contributed by atoms with Crippen molar-refractivity contribution in [2.24, 2.45) is 0 Å². The number of hydrogen-bond acceptors (Lipinski definition) is 3. The molecule has 2 aromatic rings. The van der Waals surface area contributed by atoms with E-state index in [9.17, 15) is 0 Å². The van der Waals surface area contributed by atoms with Gasteiger partial charge in [-0.05, 0) is 53.7 Å². The van der Waals surface area contributed by atoms with Crippen molar-refractivity contribution in [1.82, 2.24) is 9.97 Å². The second-order valence-electron chi connectivity index (χ2n) is 4.34. The average Bonchev–Trinajstić information content (AvgIpc) is 2.42. The number of aryl methyl sites for hydroxylation is 1. The molecule has 0 saturated heterocycles. The Kier molecular flexibility index (Phi) is 3.28. The Bertz CT molecular complexity index is 571. The van der Waals surface area contributed by atoms with Gasteiger partial charge in [-0.25, -0.2) is 9.97 Å². The fraction of sp³-hybridized carbons (Fsp3) is 0.286. The molecule has 0 saturated carbocycles. The molecule has 1 aliphatic carbocycles. The highest BCUT2D eigenvalue weighted by molar-refractivity contribution is 9.10. The number of para-hydroxylation sites is 1. The number of rotatable bonds is 2. The van der Waals surface area contributed by atoms with E-state index in [0.717, 1.165) is 28.8 Å². The number of nitrogens with zero attached hydrogens (tertiary/aromatic N) is 2. The van der Waals surface area contributed by atoms with Gasteiger partial charge in [0.05, 0.1) is 10.2 Å². The second kappa shape index (κ2) is 5.06. The molecule has 0 aliphatic heterocycles. The van der Waals surface area contributed by atoms with Gasteiger partial charge in [0.15, 0.2) is 0 Å². The molecule has 1 aliphatic rings. The van der Waals surface area contributed by atoms with Crippen LogP contribution in [0.5, 0.6) is 11.6 Å². The average molecular weight is 305 g/mol. The molecule has 0 radical (unpaired) electrons. The Labute approximate surface area is 114 Å². The van der Waals surface area contributed by atoms with E-state index in [1.165, 1.54) is 18.4 Å². The number of ether oxygens (including phenoxy) is 1. The molecular formula is C14H13BrN2O. The van der Waals surface area contributed by atoms with Crippen LogP contribution in [0.25, 0.3) is 0 Å². The van der Waals surface area contributed by atoms with Crippen molar-refractivity contribution in [2.75, 3.05) is 0 Å². The summed E-state index contributed by atoms with van der Waals surface area (Å²) in [5, 5.41) is 0. The van der Waals surface area contributed by atoms with E-state index in [4.69, 9.17) is 4.74 Å². The fourth-order valence-corrected chi connectivity index (χ4v) is 2.58. The number of halogens is 1. The number of hydrogen-bond donors (Lipinski definition) is 0. The molecule has 1 aromatic heterocycles. The summed E-state index contributed by atoms with van der Waals surface area (Å²) in [6.07, 6.45) is 6.03. The normalized spacial score (nSPS) is 14.1. The maximum atomic E-state index is 5.91. The lowest BCUT2D eigenvalue weighted by Gasteiger charge is -2.17. The van der Waals surface area contributed by atoms with Crippen LogP contribution in [-0.4, -0.2) is 9.97 Å². The van der Waals surface area contributed by atoms with Crippen LogP contribution in [0.15, 0.2) is 35.1 Å². The minimum Gasteiger partial charge on any atom is -0.437 e. The van der Waals surface area contributed by atoms with Crippen LogP contribution in [0.4, 0.5) is 0 Å². The largest absolute Gasteiger partial charge is 0.437 e. The van der Waals surface area contributed by atoms with Gasteiger partial charge < -0.3 is 4.74 Å². The zero-order chi connectivity index (χ0) is 12.4. The standard InChI is InChI=1S/C14H13BrN2O/c15-11-6-2-4-8-13(11)18-14-10-5-1-3-7-12(10)16-9-17-14/h2,4,6,8-9H,1,3,5,7H2. The van der Waals surface area contributed by atoms with Crippen LogP contribution < -0.4 is 4.74 Å². The first-order valence-corrected chi connectivity index (χ1v) is 6.89. The van der Waals surface area contributed by atoms with Gasteiger partial charge >= 0.3 is 0 Å². The monoisotopic (exact) mass is 304 g/mol. The summed E-state index contributed by atoms with van der Waals surface area (Å²) in [5.41, 5.74) is 2.30. The van der Waals surface area contributed by atoms with Crippen LogP contribution in [0, 0.1) is 0 Å². The molecule has 92 valence electrons. The number of aromatic nitrogens is 2. The van der Waals surface area contributed by atoms with Crippen LogP contribution in [0.2, 0.25) is 0 Å². The lowest BCUT2D eigenvalue weighted by Crippen LogP contribution is -2.08. The number of benzene rings is 1. The minimum atomic E-state index is 0.701. The highest BCUT2D eigenvalue weighted by Gasteiger charge is 2.17. The lowest BCUT2D eigenvalue weighted by molar-refractivity contribution is 0.444. The molecule has 4 heteroatoms. The van der Waals surface area contributed by atoms with Crippen LogP contribution in [0.3, 0.4) is 0 Å². The molecule has 18 heavy (non-hydrogen) atoms. The molecule has 1 aromatic carbocycles. The Morgan fingerprint density at radius 3 is 2.78 bits per heavy atom. The summed E-state index contributed by atoms with van der Waals surface area (Å²) in [6, 6.07) is 7.81. The Balaban J connectivity index is 1.96. The summed E-state index contributed by atoms with van der Waals surface area (Å²) in [7, 11) is 0. The molecule has 0 bridgehead atoms. The molecule has 3 nitrogen and oxygen atoms in total. The van der Waals surface area contributed by atoms with Gasteiger partial charge in [-0.1, -0.05) is 12.1 Å². The third kappa shape index (κ3) is 2.25. The van der Waals surface area contributed by atoms with Gasteiger partial charge in [-0.15, -0.1) is 0 Å². The van der Waals surface area contributed by atoms with Gasteiger partial charge in [0, 0.05) is 5.56 Å². The molecule has 0 amide bonds. The van der Waals surface area contributed by atoms with E-state index in [0.29, 0.717) is 5.88 Å². The maximum Gasteiger partial charge on any atom is 0.225 e. The third-order valence-electron chi connectivity index (χ3n) is 3.13. The second-order valence-corrected chi connectivity index (χ2v) is 5.20. The van der Waals surface area contributed by atoms with Crippen molar-refractivity contribution >= 4 is 15.9 Å². The summed E-state index contributed by atoms with van der Waals surface area (Å²) in [6.45, 7) is 0. The molecule has 0 unspecified atom stereocenters. The van der Waals surface area contributed by atoms with Crippen LogP contribution in [0.1, 0.15) is 24.1 Å². The summed E-state index contributed by atoms with van der Waals surface area (Å²) >= 11 is 3.48. The summed E-state index contributed by atoms with van der Waals surface area (Å²) in [5.74, 6) is 1.50. The van der Waals surface area contributed by atoms with Crippen LogP contribution in [-0.2, 0) is 12.8 Å². The Morgan fingerprint density at radius 1 is 1.06 bits per heavy atom. The zero-order valence-electron chi connectivity index (χ0n) is 9.90. The molecule has 0 fully saturated rings. The topological polar surface area (TPSA) is 35.0 Å². The van der Waals surface area contributed by atoms with Gasteiger partial charge in [-0.2, -0.15) is 0 Å². The highest BCUT2D eigenvalue weighted by atomic mass is 79.9. The van der Waals surface area contributed by atoms with Gasteiger partial charge in [0.1, 0.15) is 12.1 Å². The van der Waals surface area contributed by atoms with Crippen molar-refractivity contribution in [3.05, 3.63) is 46.3 Å². The lowest BCUT2D eigenvalue weighted by atomic mass is 9.97. The van der Waals surface area contributed by atoms with E-state index in [1.54, 1.807) is 6.33 Å². The van der Waals surface area contributed by atoms with E-state index < -0.39 is 0 Å². The van der Waals surface area contributed by atoms with Gasteiger partial charge in [0.25, 0.3) is 0 Å². The third-order valence-corrected chi connectivity index (χ3v) is 3.78. The smallest absolute Gasteiger partial charge is 0.225 e. The van der Waals surface area contributed by atoms with E-state index in [-0.39, 0.29) is 0 Å². The molecule has 0 spiro atoms. The first-order chi connectivity index (χ1) is 8.84. The first kappa shape index (κ1) is 11.7. The van der Waals surface area contributed by atoms with Crippen molar-refractivity contribution in [2.45, 2.75) is 25.7 Å². The predicted molar refractivity (Wildman–Crippen MR) is 72.9 cm³/mol. The van der Waals surface area contributed by atoms with Gasteiger partial charge in [0.2, 0.25) is 5.88 Å². The van der Waals surface area contributed by atoms with E-state index in [1.807, 2.05) is 24.3 Å². The molecule has 0 N–H and O–H groups in total. The van der Waals surface area contributed by atoms with E-state index >= 15 is 0 Å². The Morgan fingerprint density at radius 2 is 1.89 bits per heavy atom. The van der Waals surface area contributed by atoms with E-state index in [2.05, 4.69) is 25.9 Å². The van der Waals surface area contributed by atoms with Crippen molar-refractivity contribution < 1.29 is 4.74 Å². The highest BCUT2D eigenvalue weighted by Crippen LogP contribution is 2.32. The maximum absolute atomic E-state index is 5.91. The molecular weight excluding hydrogens is 292 g/mol. The number of fused-ring (bicyclic) bond motifs is 1. The molecule has 0 atom stereocenters. The minimum absolute atomic E-state index is 0.701. The van der Waals surface area contributed by atoms with Crippen LogP contribution >= 0.6 is 15.9 Å².